The third-order valence-corrected chi connectivity index (χ3v) is 5.27. The maximum Gasteiger partial charge on any atom is 0.416 e. The Morgan fingerprint density at radius 1 is 1.26 bits per heavy atom. The molecule has 2 aromatic rings. The number of hydrogen-bond acceptors (Lipinski definition) is 4. The van der Waals surface area contributed by atoms with Gasteiger partial charge >= 0.3 is 6.18 Å². The third kappa shape index (κ3) is 5.53. The molecule has 0 aliphatic carbocycles. The minimum Gasteiger partial charge on any atom is -0.497 e. The molecule has 1 aromatic carbocycles. The summed E-state index contributed by atoms with van der Waals surface area (Å²) < 4.78 is 45.9. The number of aromatic nitrogens is 1. The first-order valence-corrected chi connectivity index (χ1v) is 9.92. The van der Waals surface area contributed by atoms with Crippen molar-refractivity contribution in [1.29, 1.82) is 0 Å². The number of nitrogens with zero attached hydrogens (tertiary/aromatic N) is 2. The Morgan fingerprint density at radius 2 is 1.97 bits per heavy atom. The molecule has 0 radical (unpaired) electrons. The van der Waals surface area contributed by atoms with Gasteiger partial charge in [0, 0.05) is 31.8 Å². The maximum atomic E-state index is 13.6. The zero-order chi connectivity index (χ0) is 22.6. The molecule has 0 spiro atoms. The van der Waals surface area contributed by atoms with Gasteiger partial charge < -0.3 is 15.0 Å². The normalized spacial score (nSPS) is 16.3. The number of nitrogens with one attached hydrogen (secondary N) is 1. The van der Waals surface area contributed by atoms with E-state index in [1.54, 1.807) is 36.3 Å². The van der Waals surface area contributed by atoms with E-state index in [-0.39, 0.29) is 30.1 Å². The molecule has 6 nitrogen and oxygen atoms in total. The molecule has 31 heavy (non-hydrogen) atoms. The predicted octanol–water partition coefficient (Wildman–Crippen LogP) is 3.65. The van der Waals surface area contributed by atoms with Crippen molar-refractivity contribution in [1.82, 2.24) is 15.2 Å². The summed E-state index contributed by atoms with van der Waals surface area (Å²) in [4.78, 5) is 29.8. The van der Waals surface area contributed by atoms with Gasteiger partial charge in [-0.15, -0.1) is 0 Å². The molecule has 1 fully saturated rings. The number of carbonyl (C=O) groups excluding carboxylic acids is 2. The van der Waals surface area contributed by atoms with Crippen molar-refractivity contribution in [2.24, 2.45) is 0 Å². The van der Waals surface area contributed by atoms with Crippen molar-refractivity contribution < 1.29 is 27.5 Å². The van der Waals surface area contributed by atoms with Gasteiger partial charge in [0.25, 0.3) is 0 Å². The molecule has 9 heteroatoms. The van der Waals surface area contributed by atoms with Crippen molar-refractivity contribution in [3.05, 3.63) is 58.9 Å². The van der Waals surface area contributed by atoms with Gasteiger partial charge in [-0.2, -0.15) is 13.2 Å². The number of methoxy groups -OCH3 is 1. The highest BCUT2D eigenvalue weighted by Gasteiger charge is 2.37. The molecule has 3 rings (SSSR count). The van der Waals surface area contributed by atoms with Gasteiger partial charge in [-0.1, -0.05) is 12.1 Å². The van der Waals surface area contributed by atoms with Gasteiger partial charge in [0.1, 0.15) is 5.75 Å². The minimum absolute atomic E-state index is 0.111. The zero-order valence-corrected chi connectivity index (χ0v) is 17.3. The second kappa shape index (κ2) is 9.36. The minimum atomic E-state index is -4.60. The molecular weight excluding hydrogens is 411 g/mol. The van der Waals surface area contributed by atoms with Crippen LogP contribution in [0.25, 0.3) is 0 Å². The lowest BCUT2D eigenvalue weighted by Gasteiger charge is -2.25. The molecule has 1 aliphatic heterocycles. The van der Waals surface area contributed by atoms with Gasteiger partial charge in [0.15, 0.2) is 0 Å². The summed E-state index contributed by atoms with van der Waals surface area (Å²) in [6, 6.07) is 7.59. The Morgan fingerprint density at radius 3 is 2.58 bits per heavy atom. The topological polar surface area (TPSA) is 71.5 Å². The first-order valence-electron chi connectivity index (χ1n) is 9.92. The maximum absolute atomic E-state index is 13.6. The van der Waals surface area contributed by atoms with Gasteiger partial charge in [0.05, 0.1) is 30.8 Å². The summed E-state index contributed by atoms with van der Waals surface area (Å²) in [7, 11) is 1.55. The summed E-state index contributed by atoms with van der Waals surface area (Å²) >= 11 is 0. The fourth-order valence-electron chi connectivity index (χ4n) is 3.70. The number of amides is 2. The van der Waals surface area contributed by atoms with E-state index in [1.165, 1.54) is 6.92 Å². The third-order valence-electron chi connectivity index (χ3n) is 5.27. The number of ether oxygens (including phenoxy) is 1. The first-order chi connectivity index (χ1) is 14.7. The average Bonchev–Trinajstić information content (AvgIpc) is 3.22. The van der Waals surface area contributed by atoms with Crippen LogP contribution in [-0.4, -0.2) is 35.4 Å². The number of hydrogen-bond donors (Lipinski definition) is 1. The van der Waals surface area contributed by atoms with E-state index in [0.717, 1.165) is 17.8 Å². The van der Waals surface area contributed by atoms with Crippen molar-refractivity contribution in [2.45, 2.75) is 44.9 Å². The molecule has 1 atom stereocenters. The largest absolute Gasteiger partial charge is 0.497 e. The highest BCUT2D eigenvalue weighted by atomic mass is 19.4. The standard InChI is InChI=1S/C22H24F3N3O3/c1-14(29)26-12-16-13-27-19(11-18(16)22(23,24)25)20-4-3-9-28(20)21(30)10-15-5-7-17(31-2)8-6-15/h5-8,11,13,20H,3-4,9-10,12H2,1-2H3,(H,26,29). The molecule has 2 amide bonds. The fraction of sp³-hybridized carbons (Fsp3) is 0.409. The van der Waals surface area contributed by atoms with E-state index in [0.29, 0.717) is 25.1 Å². The molecule has 1 unspecified atom stereocenters. The predicted molar refractivity (Wildman–Crippen MR) is 107 cm³/mol. The van der Waals surface area contributed by atoms with E-state index in [1.807, 2.05) is 0 Å². The monoisotopic (exact) mass is 435 g/mol. The number of halogens is 3. The highest BCUT2D eigenvalue weighted by molar-refractivity contribution is 5.79. The number of carbonyl (C=O) groups is 2. The van der Waals surface area contributed by atoms with Crippen LogP contribution in [-0.2, 0) is 28.7 Å². The Balaban J connectivity index is 1.81. The number of alkyl halides is 3. The van der Waals surface area contributed by atoms with E-state index >= 15 is 0 Å². The second-order valence-electron chi connectivity index (χ2n) is 7.44. The van der Waals surface area contributed by atoms with E-state index in [9.17, 15) is 22.8 Å². The Kier molecular flexibility index (Phi) is 6.82. The van der Waals surface area contributed by atoms with Crippen molar-refractivity contribution in [3.63, 3.8) is 0 Å². The Hall–Kier alpha value is -3.10. The number of likely N-dealkylation sites (tertiary alicyclic amines) is 1. The van der Waals surface area contributed by atoms with Crippen molar-refractivity contribution in [2.75, 3.05) is 13.7 Å². The molecule has 1 aromatic heterocycles. The van der Waals surface area contributed by atoms with Crippen LogP contribution in [0.2, 0.25) is 0 Å². The zero-order valence-electron chi connectivity index (χ0n) is 17.3. The summed E-state index contributed by atoms with van der Waals surface area (Å²) in [6.45, 7) is 1.44. The second-order valence-corrected chi connectivity index (χ2v) is 7.44. The Bertz CT molecular complexity index is 945. The van der Waals surface area contributed by atoms with Crippen LogP contribution in [0.4, 0.5) is 13.2 Å². The SMILES string of the molecule is COc1ccc(CC(=O)N2CCCC2c2cc(C(F)(F)F)c(CNC(C)=O)cn2)cc1. The van der Waals surface area contributed by atoms with Crippen molar-refractivity contribution >= 4 is 11.8 Å². The van der Waals surface area contributed by atoms with Crippen LogP contribution in [0.3, 0.4) is 0 Å². The van der Waals surface area contributed by atoms with Gasteiger partial charge in [0.2, 0.25) is 11.8 Å². The molecule has 166 valence electrons. The number of benzene rings is 1. The van der Waals surface area contributed by atoms with Crippen LogP contribution in [0.15, 0.2) is 36.5 Å². The summed E-state index contributed by atoms with van der Waals surface area (Å²) in [5.41, 5.74) is 0.0479. The summed E-state index contributed by atoms with van der Waals surface area (Å²) in [5, 5.41) is 2.37. The van der Waals surface area contributed by atoms with Gasteiger partial charge in [-0.25, -0.2) is 0 Å². The lowest BCUT2D eigenvalue weighted by Crippen LogP contribution is -2.32. The molecule has 1 N–H and O–H groups in total. The molecule has 1 aliphatic rings. The van der Waals surface area contributed by atoms with Crippen LogP contribution in [0, 0.1) is 0 Å². The number of pyridine rings is 1. The van der Waals surface area contributed by atoms with Gasteiger partial charge in [-0.3, -0.25) is 14.6 Å². The molecular formula is C22H24F3N3O3. The quantitative estimate of drug-likeness (QED) is 0.752. The smallest absolute Gasteiger partial charge is 0.416 e. The molecule has 0 saturated carbocycles. The fourth-order valence-corrected chi connectivity index (χ4v) is 3.70. The lowest BCUT2D eigenvalue weighted by molar-refractivity contribution is -0.138. The molecule has 1 saturated heterocycles. The summed E-state index contributed by atoms with van der Waals surface area (Å²) in [5.74, 6) is 0.0899. The number of rotatable bonds is 6. The highest BCUT2D eigenvalue weighted by Crippen LogP contribution is 2.37. The molecule has 0 bridgehead atoms. The van der Waals surface area contributed by atoms with Gasteiger partial charge in [-0.05, 0) is 36.6 Å². The van der Waals surface area contributed by atoms with E-state index in [2.05, 4.69) is 10.3 Å². The average molecular weight is 435 g/mol. The lowest BCUT2D eigenvalue weighted by atomic mass is 10.0. The molecule has 2 heterocycles. The van der Waals surface area contributed by atoms with Crippen LogP contribution < -0.4 is 10.1 Å². The Labute approximate surface area is 178 Å². The van der Waals surface area contributed by atoms with E-state index in [4.69, 9.17) is 4.74 Å². The van der Waals surface area contributed by atoms with Crippen LogP contribution in [0.5, 0.6) is 5.75 Å². The van der Waals surface area contributed by atoms with E-state index < -0.39 is 23.7 Å². The summed E-state index contributed by atoms with van der Waals surface area (Å²) in [6.07, 6.45) is -2.08. The van der Waals surface area contributed by atoms with Crippen molar-refractivity contribution in [3.8, 4) is 5.75 Å². The van der Waals surface area contributed by atoms with Crippen LogP contribution in [0.1, 0.15) is 48.2 Å². The van der Waals surface area contributed by atoms with Crippen LogP contribution >= 0.6 is 0 Å². The first kappa shape index (κ1) is 22.6.